The predicted molar refractivity (Wildman–Crippen MR) is 74.1 cm³/mol. The normalized spacial score (nSPS) is 13.3. The van der Waals surface area contributed by atoms with Gasteiger partial charge in [0, 0.05) is 17.5 Å². The van der Waals surface area contributed by atoms with Gasteiger partial charge in [-0.2, -0.15) is 0 Å². The van der Waals surface area contributed by atoms with Crippen LogP contribution in [0.1, 0.15) is 48.8 Å². The number of thiazole rings is 1. The van der Waals surface area contributed by atoms with Gasteiger partial charge in [0.15, 0.2) is 0 Å². The van der Waals surface area contributed by atoms with Gasteiger partial charge in [0.25, 0.3) is 0 Å². The highest BCUT2D eigenvalue weighted by atomic mass is 32.1. The Labute approximate surface area is 113 Å². The molecule has 0 aliphatic heterocycles. The minimum absolute atomic E-state index is 0.161. The highest BCUT2D eigenvalue weighted by molar-refractivity contribution is 7.11. The maximum Gasteiger partial charge on any atom is 0.304 e. The molecular weight excluding hydrogens is 248 g/mol. The average Bonchev–Trinajstić information content (AvgIpc) is 2.56. The summed E-state index contributed by atoms with van der Waals surface area (Å²) in [5.41, 5.74) is 1.08. The van der Waals surface area contributed by atoms with Crippen LogP contribution in [0.15, 0.2) is 0 Å². The van der Waals surface area contributed by atoms with Gasteiger partial charge in [0.1, 0.15) is 0 Å². The zero-order chi connectivity index (χ0) is 13.9. The average molecular weight is 270 g/mol. The first-order valence-corrected chi connectivity index (χ1v) is 7.06. The van der Waals surface area contributed by atoms with E-state index in [9.17, 15) is 4.79 Å². The number of aryl methyl sites for hydroxylation is 2. The van der Waals surface area contributed by atoms with Crippen LogP contribution in [0.4, 0.5) is 0 Å². The van der Waals surface area contributed by atoms with Gasteiger partial charge in [0.2, 0.25) is 0 Å². The zero-order valence-electron chi connectivity index (χ0n) is 11.7. The van der Waals surface area contributed by atoms with Gasteiger partial charge in [-0.15, -0.1) is 11.3 Å². The Morgan fingerprint density at radius 1 is 1.39 bits per heavy atom. The van der Waals surface area contributed by atoms with Crippen LogP contribution in [0.5, 0.6) is 0 Å². The van der Waals surface area contributed by atoms with Crippen molar-refractivity contribution in [3.8, 4) is 0 Å². The van der Waals surface area contributed by atoms with E-state index in [-0.39, 0.29) is 12.5 Å². The van der Waals surface area contributed by atoms with Gasteiger partial charge >= 0.3 is 5.97 Å². The summed E-state index contributed by atoms with van der Waals surface area (Å²) in [6.07, 6.45) is 0.171. The second-order valence-electron chi connectivity index (χ2n) is 4.83. The van der Waals surface area contributed by atoms with Gasteiger partial charge in [0.05, 0.1) is 23.2 Å². The standard InChI is InChI=1S/C13H22N2O2S/c1-8(2)15(7-6-12(16)17)9(3)13-10(4)18-11(5)14-13/h8-9H,6-7H2,1-5H3,(H,16,17). The molecule has 0 amide bonds. The van der Waals surface area contributed by atoms with Gasteiger partial charge < -0.3 is 5.11 Å². The molecule has 1 aromatic heterocycles. The summed E-state index contributed by atoms with van der Waals surface area (Å²) in [6.45, 7) is 10.9. The fourth-order valence-corrected chi connectivity index (χ4v) is 3.12. The Morgan fingerprint density at radius 3 is 2.39 bits per heavy atom. The third-order valence-corrected chi connectivity index (χ3v) is 3.98. The number of carboxylic acids is 1. The van der Waals surface area contributed by atoms with E-state index in [2.05, 4.69) is 37.6 Å². The monoisotopic (exact) mass is 270 g/mol. The van der Waals surface area contributed by atoms with Crippen molar-refractivity contribution in [2.45, 2.75) is 53.1 Å². The Morgan fingerprint density at radius 2 is 2.00 bits per heavy atom. The fourth-order valence-electron chi connectivity index (χ4n) is 2.21. The summed E-state index contributed by atoms with van der Waals surface area (Å²) in [5, 5.41) is 9.88. The minimum Gasteiger partial charge on any atom is -0.481 e. The van der Waals surface area contributed by atoms with Crippen LogP contribution in [-0.4, -0.2) is 33.5 Å². The topological polar surface area (TPSA) is 53.4 Å². The number of aliphatic carboxylic acids is 1. The van der Waals surface area contributed by atoms with E-state index in [4.69, 9.17) is 5.11 Å². The largest absolute Gasteiger partial charge is 0.481 e. The van der Waals surface area contributed by atoms with Crippen molar-refractivity contribution in [2.24, 2.45) is 0 Å². The van der Waals surface area contributed by atoms with E-state index in [0.29, 0.717) is 12.6 Å². The number of carbonyl (C=O) groups is 1. The molecule has 0 spiro atoms. The van der Waals surface area contributed by atoms with E-state index in [1.807, 2.05) is 6.92 Å². The number of nitrogens with zero attached hydrogens (tertiary/aromatic N) is 2. The molecule has 0 saturated carbocycles. The Hall–Kier alpha value is -0.940. The Kier molecular flexibility index (Phi) is 5.28. The van der Waals surface area contributed by atoms with Crippen molar-refractivity contribution >= 4 is 17.3 Å². The summed E-state index contributed by atoms with van der Waals surface area (Å²) in [5.74, 6) is -0.751. The van der Waals surface area contributed by atoms with Crippen LogP contribution in [0, 0.1) is 13.8 Å². The van der Waals surface area contributed by atoms with Crippen molar-refractivity contribution in [3.05, 3.63) is 15.6 Å². The molecule has 1 unspecified atom stereocenters. The van der Waals surface area contributed by atoms with Crippen LogP contribution >= 0.6 is 11.3 Å². The van der Waals surface area contributed by atoms with Gasteiger partial charge in [-0.05, 0) is 34.6 Å². The second-order valence-corrected chi connectivity index (χ2v) is 6.23. The van der Waals surface area contributed by atoms with E-state index >= 15 is 0 Å². The highest BCUT2D eigenvalue weighted by Crippen LogP contribution is 2.28. The molecule has 102 valence electrons. The highest BCUT2D eigenvalue weighted by Gasteiger charge is 2.23. The molecule has 0 aromatic carbocycles. The molecule has 1 heterocycles. The molecule has 5 heteroatoms. The number of rotatable bonds is 6. The first kappa shape index (κ1) is 15.1. The molecular formula is C13H22N2O2S. The molecule has 1 rings (SSSR count). The fraction of sp³-hybridized carbons (Fsp3) is 0.692. The SMILES string of the molecule is Cc1nc(C(C)N(CCC(=O)O)C(C)C)c(C)s1. The second kappa shape index (κ2) is 6.29. The number of hydrogen-bond acceptors (Lipinski definition) is 4. The molecule has 0 radical (unpaired) electrons. The van der Waals surface area contributed by atoms with Gasteiger partial charge in [-0.1, -0.05) is 0 Å². The molecule has 0 fully saturated rings. The lowest BCUT2D eigenvalue weighted by atomic mass is 10.1. The lowest BCUT2D eigenvalue weighted by Gasteiger charge is -2.31. The maximum absolute atomic E-state index is 10.7. The quantitative estimate of drug-likeness (QED) is 0.863. The lowest BCUT2D eigenvalue weighted by Crippen LogP contribution is -2.35. The summed E-state index contributed by atoms with van der Waals surface area (Å²) in [6, 6.07) is 0.468. The van der Waals surface area contributed by atoms with Crippen molar-refractivity contribution in [1.82, 2.24) is 9.88 Å². The van der Waals surface area contributed by atoms with Crippen LogP contribution in [-0.2, 0) is 4.79 Å². The minimum atomic E-state index is -0.751. The zero-order valence-corrected chi connectivity index (χ0v) is 12.5. The Bertz CT molecular complexity index is 415. The molecule has 0 bridgehead atoms. The molecule has 0 aliphatic carbocycles. The third kappa shape index (κ3) is 3.78. The van der Waals surface area contributed by atoms with E-state index in [1.54, 1.807) is 11.3 Å². The number of hydrogen-bond donors (Lipinski definition) is 1. The first-order chi connectivity index (χ1) is 8.32. The lowest BCUT2D eigenvalue weighted by molar-refractivity contribution is -0.137. The maximum atomic E-state index is 10.7. The predicted octanol–water partition coefficient (Wildman–Crippen LogP) is 3.01. The Balaban J connectivity index is 2.85. The van der Waals surface area contributed by atoms with Crippen molar-refractivity contribution in [2.75, 3.05) is 6.54 Å². The van der Waals surface area contributed by atoms with Gasteiger partial charge in [-0.3, -0.25) is 9.69 Å². The molecule has 4 nitrogen and oxygen atoms in total. The summed E-state index contributed by atoms with van der Waals surface area (Å²) < 4.78 is 0. The molecule has 1 aromatic rings. The number of carboxylic acid groups (broad SMARTS) is 1. The summed E-state index contributed by atoms with van der Waals surface area (Å²) >= 11 is 1.70. The molecule has 1 atom stereocenters. The third-order valence-electron chi connectivity index (χ3n) is 3.08. The summed E-state index contributed by atoms with van der Waals surface area (Å²) in [4.78, 5) is 18.7. The molecule has 0 aliphatic rings. The van der Waals surface area contributed by atoms with E-state index in [1.165, 1.54) is 4.88 Å². The van der Waals surface area contributed by atoms with E-state index in [0.717, 1.165) is 10.7 Å². The van der Waals surface area contributed by atoms with Crippen LogP contribution < -0.4 is 0 Å². The van der Waals surface area contributed by atoms with Crippen LogP contribution in [0.3, 0.4) is 0 Å². The summed E-state index contributed by atoms with van der Waals surface area (Å²) in [7, 11) is 0. The molecule has 18 heavy (non-hydrogen) atoms. The number of aromatic nitrogens is 1. The first-order valence-electron chi connectivity index (χ1n) is 6.24. The van der Waals surface area contributed by atoms with Crippen LogP contribution in [0.2, 0.25) is 0 Å². The van der Waals surface area contributed by atoms with E-state index < -0.39 is 5.97 Å². The van der Waals surface area contributed by atoms with Crippen molar-refractivity contribution < 1.29 is 9.90 Å². The molecule has 0 saturated heterocycles. The smallest absolute Gasteiger partial charge is 0.304 e. The van der Waals surface area contributed by atoms with Crippen molar-refractivity contribution in [3.63, 3.8) is 0 Å². The molecule has 1 N–H and O–H groups in total. The van der Waals surface area contributed by atoms with Crippen molar-refractivity contribution in [1.29, 1.82) is 0 Å². The van der Waals surface area contributed by atoms with Gasteiger partial charge in [-0.25, -0.2) is 4.98 Å². The van der Waals surface area contributed by atoms with Crippen LogP contribution in [0.25, 0.3) is 0 Å².